The van der Waals surface area contributed by atoms with Crippen molar-refractivity contribution in [1.82, 2.24) is 15.5 Å². The Morgan fingerprint density at radius 3 is 2.42 bits per heavy atom. The molecule has 1 aliphatic rings. The Balaban J connectivity index is 0.00000288. The smallest absolute Gasteiger partial charge is 0.191 e. The van der Waals surface area contributed by atoms with E-state index in [4.69, 9.17) is 0 Å². The van der Waals surface area contributed by atoms with E-state index in [9.17, 15) is 12.8 Å². The maximum atomic E-state index is 12.8. The highest BCUT2D eigenvalue weighted by Gasteiger charge is 2.20. The fraction of sp³-hybridized carbons (Fsp3) is 0.533. The van der Waals surface area contributed by atoms with Gasteiger partial charge in [0.15, 0.2) is 15.8 Å². The van der Waals surface area contributed by atoms with Crippen molar-refractivity contribution in [3.05, 3.63) is 35.6 Å². The number of halogens is 2. The number of nitrogens with one attached hydrogen (secondary N) is 2. The molecule has 1 heterocycles. The standard InChI is InChI=1S/C15H23FN4O2S.HI/c1-17-15(19-12-13-2-4-14(16)5-3-13)18-6-7-20-8-10-23(21,22)11-9-20;/h2-5H,6-12H2,1H3,(H2,17,18,19);1H. The molecule has 6 nitrogen and oxygen atoms in total. The molecule has 0 aromatic heterocycles. The molecule has 0 unspecified atom stereocenters. The second-order valence-corrected chi connectivity index (χ2v) is 7.78. The summed E-state index contributed by atoms with van der Waals surface area (Å²) in [6.45, 7) is 3.19. The van der Waals surface area contributed by atoms with Crippen LogP contribution in [0, 0.1) is 5.82 Å². The van der Waals surface area contributed by atoms with E-state index in [0.29, 0.717) is 32.1 Å². The third-order valence-corrected chi connectivity index (χ3v) is 5.36. The minimum Gasteiger partial charge on any atom is -0.355 e. The Labute approximate surface area is 159 Å². The minimum absolute atomic E-state index is 0. The van der Waals surface area contributed by atoms with Gasteiger partial charge in [0.05, 0.1) is 11.5 Å². The summed E-state index contributed by atoms with van der Waals surface area (Å²) >= 11 is 0. The Hall–Kier alpha value is -0.940. The number of hydrogen-bond donors (Lipinski definition) is 2. The summed E-state index contributed by atoms with van der Waals surface area (Å²) < 4.78 is 35.6. The molecule has 0 aliphatic carbocycles. The van der Waals surface area contributed by atoms with Crippen molar-refractivity contribution in [3.63, 3.8) is 0 Å². The second kappa shape index (κ2) is 10.1. The number of sulfone groups is 1. The van der Waals surface area contributed by atoms with Gasteiger partial charge in [0.1, 0.15) is 5.82 Å². The summed E-state index contributed by atoms with van der Waals surface area (Å²) in [4.78, 5) is 6.26. The molecular weight excluding hydrogens is 446 g/mol. The van der Waals surface area contributed by atoms with E-state index in [-0.39, 0.29) is 41.3 Å². The topological polar surface area (TPSA) is 73.8 Å². The molecule has 1 aromatic rings. The summed E-state index contributed by atoms with van der Waals surface area (Å²) in [5, 5.41) is 6.35. The predicted molar refractivity (Wildman–Crippen MR) is 105 cm³/mol. The first-order valence-electron chi connectivity index (χ1n) is 7.60. The van der Waals surface area contributed by atoms with E-state index in [1.54, 1.807) is 19.2 Å². The lowest BCUT2D eigenvalue weighted by Gasteiger charge is -2.26. The lowest BCUT2D eigenvalue weighted by atomic mass is 10.2. The Bertz CT molecular complexity index is 623. The van der Waals surface area contributed by atoms with Gasteiger partial charge in [-0.05, 0) is 17.7 Å². The zero-order valence-corrected chi connectivity index (χ0v) is 16.8. The second-order valence-electron chi connectivity index (χ2n) is 5.47. The van der Waals surface area contributed by atoms with Crippen LogP contribution >= 0.6 is 24.0 Å². The summed E-state index contributed by atoms with van der Waals surface area (Å²) in [5.41, 5.74) is 0.968. The lowest BCUT2D eigenvalue weighted by molar-refractivity contribution is 0.299. The number of hydrogen-bond acceptors (Lipinski definition) is 4. The highest BCUT2D eigenvalue weighted by molar-refractivity contribution is 14.0. The quantitative estimate of drug-likeness (QED) is 0.379. The molecule has 1 aromatic carbocycles. The summed E-state index contributed by atoms with van der Waals surface area (Å²) in [7, 11) is -1.14. The molecule has 24 heavy (non-hydrogen) atoms. The van der Waals surface area contributed by atoms with Gasteiger partial charge in [-0.3, -0.25) is 9.89 Å². The SMILES string of the molecule is CN=C(NCCN1CCS(=O)(=O)CC1)NCc1ccc(F)cc1.I. The fourth-order valence-corrected chi connectivity index (χ4v) is 3.59. The molecule has 1 saturated heterocycles. The molecule has 136 valence electrons. The Kier molecular flexibility index (Phi) is 8.92. The predicted octanol–water partition coefficient (Wildman–Crippen LogP) is 0.839. The van der Waals surface area contributed by atoms with Crippen LogP contribution in [0.3, 0.4) is 0 Å². The van der Waals surface area contributed by atoms with Crippen molar-refractivity contribution in [3.8, 4) is 0 Å². The van der Waals surface area contributed by atoms with Crippen molar-refractivity contribution < 1.29 is 12.8 Å². The van der Waals surface area contributed by atoms with E-state index < -0.39 is 9.84 Å². The van der Waals surface area contributed by atoms with Crippen LogP contribution in [-0.4, -0.2) is 64.0 Å². The zero-order valence-electron chi connectivity index (χ0n) is 13.7. The first-order valence-corrected chi connectivity index (χ1v) is 9.42. The van der Waals surface area contributed by atoms with Gasteiger partial charge < -0.3 is 10.6 Å². The maximum Gasteiger partial charge on any atom is 0.191 e. The molecule has 0 bridgehead atoms. The third kappa shape index (κ3) is 7.31. The normalized spacial score (nSPS) is 17.8. The minimum atomic E-state index is -2.83. The average Bonchev–Trinajstić information content (AvgIpc) is 2.53. The summed E-state index contributed by atoms with van der Waals surface area (Å²) in [5.74, 6) is 0.897. The van der Waals surface area contributed by atoms with Crippen molar-refractivity contribution in [2.75, 3.05) is 44.7 Å². The van der Waals surface area contributed by atoms with Gasteiger partial charge in [0.2, 0.25) is 0 Å². The molecule has 0 radical (unpaired) electrons. The van der Waals surface area contributed by atoms with Crippen molar-refractivity contribution in [2.24, 2.45) is 4.99 Å². The van der Waals surface area contributed by atoms with Crippen LogP contribution in [-0.2, 0) is 16.4 Å². The van der Waals surface area contributed by atoms with Crippen molar-refractivity contribution >= 4 is 39.8 Å². The molecule has 0 spiro atoms. The first-order chi connectivity index (χ1) is 11.0. The van der Waals surface area contributed by atoms with Crippen LogP contribution in [0.1, 0.15) is 5.56 Å². The zero-order chi connectivity index (χ0) is 16.7. The van der Waals surface area contributed by atoms with Crippen molar-refractivity contribution in [1.29, 1.82) is 0 Å². The Morgan fingerprint density at radius 2 is 1.83 bits per heavy atom. The number of benzene rings is 1. The van der Waals surface area contributed by atoms with Gasteiger partial charge >= 0.3 is 0 Å². The molecule has 0 amide bonds. The maximum absolute atomic E-state index is 12.8. The summed E-state index contributed by atoms with van der Waals surface area (Å²) in [6, 6.07) is 6.31. The van der Waals surface area contributed by atoms with E-state index >= 15 is 0 Å². The molecule has 0 saturated carbocycles. The highest BCUT2D eigenvalue weighted by Crippen LogP contribution is 2.03. The van der Waals surface area contributed by atoms with E-state index in [2.05, 4.69) is 20.5 Å². The van der Waals surface area contributed by atoms with Crippen LogP contribution in [0.4, 0.5) is 4.39 Å². The van der Waals surface area contributed by atoms with Gasteiger partial charge in [0, 0.05) is 39.8 Å². The molecule has 1 aliphatic heterocycles. The van der Waals surface area contributed by atoms with Gasteiger partial charge in [-0.15, -0.1) is 24.0 Å². The number of guanidine groups is 1. The van der Waals surface area contributed by atoms with Crippen LogP contribution in [0.25, 0.3) is 0 Å². The van der Waals surface area contributed by atoms with Crippen molar-refractivity contribution in [2.45, 2.75) is 6.54 Å². The molecule has 2 rings (SSSR count). The van der Waals surface area contributed by atoms with Gasteiger partial charge in [0.25, 0.3) is 0 Å². The first kappa shape index (κ1) is 21.1. The molecule has 9 heteroatoms. The molecule has 2 N–H and O–H groups in total. The monoisotopic (exact) mass is 470 g/mol. The molecular formula is C15H24FIN4O2S. The largest absolute Gasteiger partial charge is 0.355 e. The van der Waals surface area contributed by atoms with Crippen LogP contribution < -0.4 is 10.6 Å². The summed E-state index contributed by atoms with van der Waals surface area (Å²) in [6.07, 6.45) is 0. The van der Waals surface area contributed by atoms with E-state index in [1.807, 2.05) is 0 Å². The van der Waals surface area contributed by atoms with Crippen LogP contribution in [0.5, 0.6) is 0 Å². The van der Waals surface area contributed by atoms with E-state index in [1.165, 1.54) is 12.1 Å². The number of aliphatic imine (C=N–C) groups is 1. The average molecular weight is 470 g/mol. The lowest BCUT2D eigenvalue weighted by Crippen LogP contribution is -2.45. The third-order valence-electron chi connectivity index (χ3n) is 3.75. The van der Waals surface area contributed by atoms with Crippen LogP contribution in [0.2, 0.25) is 0 Å². The van der Waals surface area contributed by atoms with Gasteiger partial charge in [-0.25, -0.2) is 12.8 Å². The number of rotatable bonds is 5. The van der Waals surface area contributed by atoms with Gasteiger partial charge in [-0.2, -0.15) is 0 Å². The molecule has 1 fully saturated rings. The van der Waals surface area contributed by atoms with Gasteiger partial charge in [-0.1, -0.05) is 12.1 Å². The van der Waals surface area contributed by atoms with Crippen LogP contribution in [0.15, 0.2) is 29.3 Å². The van der Waals surface area contributed by atoms with E-state index in [0.717, 1.165) is 12.1 Å². The fourth-order valence-electron chi connectivity index (χ4n) is 2.31. The highest BCUT2D eigenvalue weighted by atomic mass is 127. The Morgan fingerprint density at radius 1 is 1.21 bits per heavy atom. The number of nitrogens with zero attached hydrogens (tertiary/aromatic N) is 2. The molecule has 0 atom stereocenters.